The minimum Gasteiger partial charge on any atom is -0.464 e. The molecule has 0 aliphatic carbocycles. The molecule has 1 rings (SSSR count). The van der Waals surface area contributed by atoms with Crippen molar-refractivity contribution in [3.63, 3.8) is 0 Å². The van der Waals surface area contributed by atoms with Crippen LogP contribution in [0.15, 0.2) is 0 Å². The number of ether oxygens (including phenoxy) is 6. The van der Waals surface area contributed by atoms with Gasteiger partial charge in [0.25, 0.3) is 0 Å². The van der Waals surface area contributed by atoms with Crippen LogP contribution in [-0.4, -0.2) is 79.1 Å². The Morgan fingerprint density at radius 3 is 1.91 bits per heavy atom. The van der Waals surface area contributed by atoms with Gasteiger partial charge in [-0.1, -0.05) is 0 Å². The second-order valence-electron chi connectivity index (χ2n) is 7.39. The number of carbonyl (C=O) groups excluding carboxylic acids is 6. The first kappa shape index (κ1) is 27.8. The maximum Gasteiger partial charge on any atom is 0.379 e. The lowest BCUT2D eigenvalue weighted by Gasteiger charge is -2.47. The lowest BCUT2D eigenvalue weighted by molar-refractivity contribution is -0.302. The average Bonchev–Trinajstić information content (AvgIpc) is 2.65. The third-order valence-electron chi connectivity index (χ3n) is 4.48. The number of hydrogen-bond acceptors (Lipinski definition) is 12. The predicted octanol–water partition coefficient (Wildman–Crippen LogP) is -0.473. The summed E-state index contributed by atoms with van der Waals surface area (Å²) >= 11 is 0. The quantitative estimate of drug-likeness (QED) is 0.354. The summed E-state index contributed by atoms with van der Waals surface area (Å²) in [7, 11) is 1.01. The Morgan fingerprint density at radius 2 is 1.48 bits per heavy atom. The largest absolute Gasteiger partial charge is 0.464 e. The van der Waals surface area contributed by atoms with E-state index in [0.29, 0.717) is 0 Å². The fraction of sp³-hybridized carbons (Fsp3) is 0.700. The summed E-state index contributed by atoms with van der Waals surface area (Å²) in [5, 5.41) is 2.53. The first-order valence-corrected chi connectivity index (χ1v) is 9.97. The summed E-state index contributed by atoms with van der Waals surface area (Å²) in [6.07, 6.45) is -5.93. The Bertz CT molecular complexity index is 778. The molecular formula is C20H29NO12. The van der Waals surface area contributed by atoms with Crippen LogP contribution in [0, 0.1) is 0 Å². The molecule has 13 nitrogen and oxygen atoms in total. The summed E-state index contributed by atoms with van der Waals surface area (Å²) in [4.78, 5) is 71.6. The normalized spacial score (nSPS) is 26.1. The Morgan fingerprint density at radius 1 is 0.909 bits per heavy atom. The van der Waals surface area contributed by atoms with E-state index < -0.39 is 78.4 Å². The molecule has 6 atom stereocenters. The van der Waals surface area contributed by atoms with Crippen LogP contribution in [0.25, 0.3) is 0 Å². The van der Waals surface area contributed by atoms with Crippen molar-refractivity contribution < 1.29 is 57.2 Å². The third-order valence-corrected chi connectivity index (χ3v) is 4.48. The van der Waals surface area contributed by atoms with Crippen LogP contribution in [0.5, 0.6) is 0 Å². The van der Waals surface area contributed by atoms with Gasteiger partial charge in [0.15, 0.2) is 6.10 Å². The van der Waals surface area contributed by atoms with Gasteiger partial charge in [0.05, 0.1) is 19.6 Å². The van der Waals surface area contributed by atoms with Gasteiger partial charge in [0, 0.05) is 34.6 Å². The first-order valence-electron chi connectivity index (χ1n) is 9.97. The fourth-order valence-corrected chi connectivity index (χ4v) is 3.53. The Kier molecular flexibility index (Phi) is 9.77. The number of methoxy groups -OCH3 is 1. The standard InChI is InChI=1S/C20H29NO12/c1-9(29-11(3)23)17(31-13(5)25)18-16(21-10(2)22)15(30-12(4)24)8-20(33-18,19(27)28-7)32-14(6)26/h9,15-18H,8H2,1-7H3,(H,21,22)/t9-,15+,16-,17-,18-,20+/m1/s1. The van der Waals surface area contributed by atoms with Gasteiger partial charge in [-0.05, 0) is 6.92 Å². The highest BCUT2D eigenvalue weighted by molar-refractivity contribution is 5.82. The van der Waals surface area contributed by atoms with E-state index in [1.165, 1.54) is 13.8 Å². The second kappa shape index (κ2) is 11.6. The molecule has 1 amide bonds. The van der Waals surface area contributed by atoms with E-state index in [1.54, 1.807) is 0 Å². The van der Waals surface area contributed by atoms with Crippen LogP contribution in [0.4, 0.5) is 0 Å². The molecule has 13 heteroatoms. The lowest BCUT2D eigenvalue weighted by Crippen LogP contribution is -2.69. The molecule has 186 valence electrons. The molecule has 1 saturated heterocycles. The predicted molar refractivity (Wildman–Crippen MR) is 106 cm³/mol. The molecule has 1 heterocycles. The molecule has 0 aromatic heterocycles. The van der Waals surface area contributed by atoms with Crippen molar-refractivity contribution in [2.75, 3.05) is 7.11 Å². The Hall–Kier alpha value is -3.22. The van der Waals surface area contributed by atoms with Crippen molar-refractivity contribution in [2.45, 2.75) is 84.2 Å². The van der Waals surface area contributed by atoms with Crippen molar-refractivity contribution in [3.8, 4) is 0 Å². The summed E-state index contributed by atoms with van der Waals surface area (Å²) in [6, 6.07) is -1.21. The summed E-state index contributed by atoms with van der Waals surface area (Å²) < 4.78 is 31.5. The Labute approximate surface area is 190 Å². The van der Waals surface area contributed by atoms with E-state index >= 15 is 0 Å². The molecule has 0 unspecified atom stereocenters. The van der Waals surface area contributed by atoms with Crippen LogP contribution in [0.2, 0.25) is 0 Å². The molecule has 0 saturated carbocycles. The molecule has 1 aliphatic rings. The molecule has 1 fully saturated rings. The third kappa shape index (κ3) is 7.70. The van der Waals surface area contributed by atoms with Gasteiger partial charge in [0.1, 0.15) is 18.3 Å². The van der Waals surface area contributed by atoms with Gasteiger partial charge in [-0.2, -0.15) is 0 Å². The first-order chi connectivity index (χ1) is 15.2. The summed E-state index contributed by atoms with van der Waals surface area (Å²) in [6.45, 7) is 6.85. The molecule has 0 radical (unpaired) electrons. The topological polar surface area (TPSA) is 170 Å². The molecule has 1 N–H and O–H groups in total. The monoisotopic (exact) mass is 475 g/mol. The van der Waals surface area contributed by atoms with Gasteiger partial charge < -0.3 is 33.7 Å². The van der Waals surface area contributed by atoms with Gasteiger partial charge in [-0.25, -0.2) is 4.79 Å². The number of nitrogens with one attached hydrogen (secondary N) is 1. The zero-order valence-corrected chi connectivity index (χ0v) is 19.5. The number of esters is 5. The maximum atomic E-state index is 12.7. The molecule has 0 bridgehead atoms. The highest BCUT2D eigenvalue weighted by atomic mass is 16.8. The second-order valence-corrected chi connectivity index (χ2v) is 7.39. The SMILES string of the molecule is COC(=O)[C@]1(OC(C)=O)C[C@H](OC(C)=O)[C@@H](NC(C)=O)[C@H]([C@H](OC(C)=O)[C@@H](C)OC(C)=O)O1. The lowest BCUT2D eigenvalue weighted by atomic mass is 9.88. The maximum absolute atomic E-state index is 12.7. The molecule has 1 aliphatic heterocycles. The van der Waals surface area contributed by atoms with Crippen LogP contribution in [0.1, 0.15) is 48.0 Å². The van der Waals surface area contributed by atoms with Gasteiger partial charge in [-0.15, -0.1) is 0 Å². The van der Waals surface area contributed by atoms with Crippen molar-refractivity contribution in [1.29, 1.82) is 0 Å². The average molecular weight is 475 g/mol. The van der Waals surface area contributed by atoms with Crippen LogP contribution in [-0.2, 0) is 57.2 Å². The van der Waals surface area contributed by atoms with E-state index in [4.69, 9.17) is 28.4 Å². The van der Waals surface area contributed by atoms with Crippen molar-refractivity contribution in [2.24, 2.45) is 0 Å². The number of rotatable bonds is 8. The highest BCUT2D eigenvalue weighted by Gasteiger charge is 2.60. The van der Waals surface area contributed by atoms with Gasteiger partial charge in [-0.3, -0.25) is 24.0 Å². The summed E-state index contributed by atoms with van der Waals surface area (Å²) in [5.41, 5.74) is 0. The van der Waals surface area contributed by atoms with Crippen LogP contribution < -0.4 is 5.32 Å². The summed E-state index contributed by atoms with van der Waals surface area (Å²) in [5.74, 6) is -7.40. The van der Waals surface area contributed by atoms with Crippen molar-refractivity contribution >= 4 is 35.8 Å². The highest BCUT2D eigenvalue weighted by Crippen LogP contribution is 2.37. The van der Waals surface area contributed by atoms with Crippen LogP contribution in [0.3, 0.4) is 0 Å². The number of hydrogen-bond donors (Lipinski definition) is 1. The fourth-order valence-electron chi connectivity index (χ4n) is 3.53. The zero-order chi connectivity index (χ0) is 25.5. The van der Waals surface area contributed by atoms with E-state index in [-0.39, 0.29) is 0 Å². The van der Waals surface area contributed by atoms with Crippen LogP contribution >= 0.6 is 0 Å². The molecular weight excluding hydrogens is 446 g/mol. The minimum atomic E-state index is -2.42. The van der Waals surface area contributed by atoms with Gasteiger partial charge >= 0.3 is 35.6 Å². The van der Waals surface area contributed by atoms with Crippen molar-refractivity contribution in [3.05, 3.63) is 0 Å². The van der Waals surface area contributed by atoms with Crippen molar-refractivity contribution in [1.82, 2.24) is 5.32 Å². The zero-order valence-electron chi connectivity index (χ0n) is 19.5. The molecule has 0 aromatic carbocycles. The van der Waals surface area contributed by atoms with Gasteiger partial charge in [0.2, 0.25) is 5.91 Å². The minimum absolute atomic E-state index is 0.547. The van der Waals surface area contributed by atoms with E-state index in [9.17, 15) is 28.8 Å². The van der Waals surface area contributed by atoms with E-state index in [0.717, 1.165) is 34.8 Å². The number of carbonyl (C=O) groups is 6. The molecule has 33 heavy (non-hydrogen) atoms. The smallest absolute Gasteiger partial charge is 0.379 e. The van der Waals surface area contributed by atoms with E-state index in [1.807, 2.05) is 0 Å². The molecule has 0 spiro atoms. The molecule has 0 aromatic rings. The van der Waals surface area contributed by atoms with E-state index in [2.05, 4.69) is 5.32 Å². The Balaban J connectivity index is 3.70. The number of amides is 1.